The van der Waals surface area contributed by atoms with Crippen LogP contribution in [0.3, 0.4) is 0 Å². The third kappa shape index (κ3) is 2.74. The molecule has 1 aromatic heterocycles. The number of guanidine groups is 1. The molecule has 0 spiro atoms. The Morgan fingerprint density at radius 2 is 2.25 bits per heavy atom. The van der Waals surface area contributed by atoms with Crippen molar-refractivity contribution in [2.75, 3.05) is 26.7 Å². The van der Waals surface area contributed by atoms with E-state index < -0.39 is 0 Å². The lowest BCUT2D eigenvalue weighted by atomic mass is 10.4. The van der Waals surface area contributed by atoms with Crippen LogP contribution in [0.15, 0.2) is 23.5 Å². The van der Waals surface area contributed by atoms with Gasteiger partial charge in [-0.25, -0.2) is 0 Å². The van der Waals surface area contributed by atoms with E-state index >= 15 is 0 Å². The summed E-state index contributed by atoms with van der Waals surface area (Å²) in [4.78, 5) is 6.60. The van der Waals surface area contributed by atoms with E-state index in [-0.39, 0.29) is 0 Å². The molecule has 5 heteroatoms. The highest BCUT2D eigenvalue weighted by atomic mass is 15.3. The quantitative estimate of drug-likeness (QED) is 0.599. The van der Waals surface area contributed by atoms with Crippen molar-refractivity contribution in [2.45, 2.75) is 19.4 Å². The molecule has 0 aliphatic carbocycles. The first kappa shape index (κ1) is 11.0. The molecule has 0 amide bonds. The zero-order valence-electron chi connectivity index (χ0n) is 9.76. The van der Waals surface area contributed by atoms with Crippen molar-refractivity contribution in [1.82, 2.24) is 20.0 Å². The fourth-order valence-electron chi connectivity index (χ4n) is 1.98. The minimum Gasteiger partial charge on any atom is -0.354 e. The summed E-state index contributed by atoms with van der Waals surface area (Å²) < 4.78 is 1.92. The van der Waals surface area contributed by atoms with Gasteiger partial charge in [0.2, 0.25) is 0 Å². The van der Waals surface area contributed by atoms with Crippen LogP contribution in [-0.2, 0) is 6.54 Å². The molecule has 1 N–H and O–H groups in total. The maximum atomic E-state index is 4.29. The molecule has 2 heterocycles. The van der Waals surface area contributed by atoms with Crippen LogP contribution in [0.4, 0.5) is 0 Å². The Kier molecular flexibility index (Phi) is 3.80. The summed E-state index contributed by atoms with van der Waals surface area (Å²) in [6.07, 6.45) is 6.33. The molecule has 88 valence electrons. The van der Waals surface area contributed by atoms with Crippen LogP contribution < -0.4 is 5.32 Å². The summed E-state index contributed by atoms with van der Waals surface area (Å²) in [5.41, 5.74) is 0. The van der Waals surface area contributed by atoms with Crippen LogP contribution in [0.5, 0.6) is 0 Å². The van der Waals surface area contributed by atoms with E-state index in [1.54, 1.807) is 6.20 Å². The van der Waals surface area contributed by atoms with E-state index in [0.717, 1.165) is 32.1 Å². The van der Waals surface area contributed by atoms with Gasteiger partial charge in [0.15, 0.2) is 5.96 Å². The lowest BCUT2D eigenvalue weighted by molar-refractivity contribution is 0.485. The van der Waals surface area contributed by atoms with Gasteiger partial charge in [0.05, 0.1) is 6.54 Å². The van der Waals surface area contributed by atoms with Crippen LogP contribution >= 0.6 is 0 Å². The van der Waals surface area contributed by atoms with E-state index in [2.05, 4.69) is 20.3 Å². The first-order valence-electron chi connectivity index (χ1n) is 5.83. The van der Waals surface area contributed by atoms with Crippen molar-refractivity contribution >= 4 is 5.96 Å². The Bertz CT molecular complexity index is 324. The van der Waals surface area contributed by atoms with Crippen molar-refractivity contribution in [3.05, 3.63) is 18.5 Å². The summed E-state index contributed by atoms with van der Waals surface area (Å²) in [6.45, 7) is 3.99. The highest BCUT2D eigenvalue weighted by Gasteiger charge is 2.14. The average Bonchev–Trinajstić information content (AvgIpc) is 2.96. The molecule has 0 aromatic carbocycles. The molecule has 16 heavy (non-hydrogen) atoms. The van der Waals surface area contributed by atoms with Crippen molar-refractivity contribution in [3.63, 3.8) is 0 Å². The standard InChI is InChI=1S/C11H19N5/c1-12-11(15-7-2-3-8-15)13-6-10-16-9-4-5-14-16/h4-5,9H,2-3,6-8,10H2,1H3,(H,12,13). The van der Waals surface area contributed by atoms with Crippen molar-refractivity contribution in [2.24, 2.45) is 4.99 Å². The van der Waals surface area contributed by atoms with Gasteiger partial charge in [-0.3, -0.25) is 9.67 Å². The van der Waals surface area contributed by atoms with Crippen molar-refractivity contribution in [1.29, 1.82) is 0 Å². The molecular weight excluding hydrogens is 202 g/mol. The number of aromatic nitrogens is 2. The second-order valence-electron chi connectivity index (χ2n) is 3.94. The number of rotatable bonds is 3. The molecule has 0 radical (unpaired) electrons. The highest BCUT2D eigenvalue weighted by Crippen LogP contribution is 2.06. The largest absolute Gasteiger partial charge is 0.354 e. The molecule has 0 bridgehead atoms. The summed E-state index contributed by atoms with van der Waals surface area (Å²) in [5.74, 6) is 1.02. The maximum absolute atomic E-state index is 4.29. The van der Waals surface area contributed by atoms with Gasteiger partial charge in [0, 0.05) is 39.1 Å². The summed E-state index contributed by atoms with van der Waals surface area (Å²) in [5, 5.41) is 7.52. The smallest absolute Gasteiger partial charge is 0.193 e. The molecular formula is C11H19N5. The molecule has 1 aliphatic heterocycles. The fourth-order valence-corrected chi connectivity index (χ4v) is 1.98. The van der Waals surface area contributed by atoms with Crippen molar-refractivity contribution in [3.8, 4) is 0 Å². The minimum atomic E-state index is 0.866. The first-order chi connectivity index (χ1) is 7.90. The van der Waals surface area contributed by atoms with Gasteiger partial charge < -0.3 is 10.2 Å². The Hall–Kier alpha value is -1.52. The summed E-state index contributed by atoms with van der Waals surface area (Å²) in [6, 6.07) is 1.94. The van der Waals surface area contributed by atoms with E-state index in [9.17, 15) is 0 Å². The number of nitrogens with zero attached hydrogens (tertiary/aromatic N) is 4. The molecule has 1 aliphatic rings. The van der Waals surface area contributed by atoms with Crippen LogP contribution in [0.25, 0.3) is 0 Å². The Morgan fingerprint density at radius 1 is 1.44 bits per heavy atom. The van der Waals surface area contributed by atoms with Gasteiger partial charge in [-0.15, -0.1) is 0 Å². The monoisotopic (exact) mass is 221 g/mol. The Labute approximate surface area is 96.2 Å². The molecule has 0 atom stereocenters. The zero-order valence-corrected chi connectivity index (χ0v) is 9.76. The summed E-state index contributed by atoms with van der Waals surface area (Å²) >= 11 is 0. The Morgan fingerprint density at radius 3 is 2.88 bits per heavy atom. The molecule has 1 saturated heterocycles. The number of nitrogens with one attached hydrogen (secondary N) is 1. The molecule has 2 rings (SSSR count). The van der Waals surface area contributed by atoms with Gasteiger partial charge in [0.1, 0.15) is 0 Å². The third-order valence-corrected chi connectivity index (χ3v) is 2.80. The van der Waals surface area contributed by atoms with Crippen LogP contribution in [0.1, 0.15) is 12.8 Å². The molecule has 1 fully saturated rings. The molecule has 0 unspecified atom stereocenters. The van der Waals surface area contributed by atoms with Gasteiger partial charge in [-0.1, -0.05) is 0 Å². The van der Waals surface area contributed by atoms with E-state index in [1.165, 1.54) is 12.8 Å². The number of likely N-dealkylation sites (tertiary alicyclic amines) is 1. The summed E-state index contributed by atoms with van der Waals surface area (Å²) in [7, 11) is 1.84. The van der Waals surface area contributed by atoms with Gasteiger partial charge in [0.25, 0.3) is 0 Å². The molecule has 0 saturated carbocycles. The lowest BCUT2D eigenvalue weighted by Crippen LogP contribution is -2.40. The fraction of sp³-hybridized carbons (Fsp3) is 0.636. The minimum absolute atomic E-state index is 0.866. The SMILES string of the molecule is CN=C(NCCn1cccn1)N1CCCC1. The lowest BCUT2D eigenvalue weighted by Gasteiger charge is -2.20. The van der Waals surface area contributed by atoms with Crippen LogP contribution in [0.2, 0.25) is 0 Å². The maximum Gasteiger partial charge on any atom is 0.193 e. The second-order valence-corrected chi connectivity index (χ2v) is 3.94. The number of aliphatic imine (C=N–C) groups is 1. The number of hydrogen-bond donors (Lipinski definition) is 1. The average molecular weight is 221 g/mol. The van der Waals surface area contributed by atoms with Gasteiger partial charge >= 0.3 is 0 Å². The first-order valence-corrected chi connectivity index (χ1v) is 5.83. The Balaban J connectivity index is 1.75. The molecule has 1 aromatic rings. The van der Waals surface area contributed by atoms with Crippen LogP contribution in [-0.4, -0.2) is 47.3 Å². The highest BCUT2D eigenvalue weighted by molar-refractivity contribution is 5.80. The third-order valence-electron chi connectivity index (χ3n) is 2.80. The van der Waals surface area contributed by atoms with E-state index in [4.69, 9.17) is 0 Å². The van der Waals surface area contributed by atoms with Gasteiger partial charge in [-0.05, 0) is 18.9 Å². The van der Waals surface area contributed by atoms with Crippen LogP contribution in [0, 0.1) is 0 Å². The van der Waals surface area contributed by atoms with Crippen molar-refractivity contribution < 1.29 is 0 Å². The van der Waals surface area contributed by atoms with E-state index in [1.807, 2.05) is 24.0 Å². The topological polar surface area (TPSA) is 45.5 Å². The second kappa shape index (κ2) is 5.53. The predicted molar refractivity (Wildman–Crippen MR) is 64.4 cm³/mol. The van der Waals surface area contributed by atoms with E-state index in [0.29, 0.717) is 0 Å². The normalized spacial score (nSPS) is 16.8. The number of hydrogen-bond acceptors (Lipinski definition) is 2. The predicted octanol–water partition coefficient (Wildman–Crippen LogP) is 0.554. The molecule has 5 nitrogen and oxygen atoms in total. The van der Waals surface area contributed by atoms with Gasteiger partial charge in [-0.2, -0.15) is 5.10 Å². The zero-order chi connectivity index (χ0) is 11.2.